The lowest BCUT2D eigenvalue weighted by molar-refractivity contribution is 0.495. The Morgan fingerprint density at radius 2 is 1.72 bits per heavy atom. The number of benzene rings is 1. The van der Waals surface area contributed by atoms with E-state index in [1.165, 1.54) is 24.0 Å². The Labute approximate surface area is 110 Å². The Balaban J connectivity index is 2.96. The van der Waals surface area contributed by atoms with Crippen molar-refractivity contribution in [1.29, 1.82) is 0 Å². The van der Waals surface area contributed by atoms with Crippen molar-refractivity contribution < 1.29 is 8.42 Å². The van der Waals surface area contributed by atoms with Crippen molar-refractivity contribution in [2.75, 3.05) is 14.1 Å². The molecule has 5 heteroatoms. The molecule has 0 spiro atoms. The molecule has 0 aliphatic heterocycles. The summed E-state index contributed by atoms with van der Waals surface area (Å²) < 4.78 is 25.2. The molecule has 0 aromatic heterocycles. The Morgan fingerprint density at radius 3 is 2.11 bits per heavy atom. The van der Waals surface area contributed by atoms with Crippen LogP contribution >= 0.6 is 0 Å². The maximum atomic E-state index is 12.0. The van der Waals surface area contributed by atoms with Crippen molar-refractivity contribution in [2.24, 2.45) is 5.73 Å². The van der Waals surface area contributed by atoms with Crippen LogP contribution in [0.5, 0.6) is 0 Å². The van der Waals surface area contributed by atoms with Crippen molar-refractivity contribution in [3.63, 3.8) is 0 Å². The molecule has 0 saturated carbocycles. The third-order valence-electron chi connectivity index (χ3n) is 3.26. The second-order valence-electron chi connectivity index (χ2n) is 4.65. The van der Waals surface area contributed by atoms with Crippen LogP contribution in [0.25, 0.3) is 0 Å². The van der Waals surface area contributed by atoms with Gasteiger partial charge in [0.25, 0.3) is 0 Å². The third-order valence-corrected chi connectivity index (χ3v) is 5.51. The highest BCUT2D eigenvalue weighted by atomic mass is 32.2. The highest BCUT2D eigenvalue weighted by Crippen LogP contribution is 2.21. The van der Waals surface area contributed by atoms with E-state index < -0.39 is 21.3 Å². The van der Waals surface area contributed by atoms with Gasteiger partial charge in [-0.25, -0.2) is 12.7 Å². The molecule has 4 nitrogen and oxygen atoms in total. The third kappa shape index (κ3) is 3.10. The molecule has 0 amide bonds. The van der Waals surface area contributed by atoms with E-state index in [9.17, 15) is 8.42 Å². The summed E-state index contributed by atoms with van der Waals surface area (Å²) in [6, 6.07) is 7.29. The van der Waals surface area contributed by atoms with E-state index in [-0.39, 0.29) is 0 Å². The number of aryl methyl sites for hydroxylation is 1. The maximum Gasteiger partial charge on any atom is 0.218 e. The van der Waals surface area contributed by atoms with Gasteiger partial charge in [-0.15, -0.1) is 0 Å². The zero-order chi connectivity index (χ0) is 13.9. The van der Waals surface area contributed by atoms with Crippen LogP contribution in [0, 0.1) is 0 Å². The van der Waals surface area contributed by atoms with Crippen LogP contribution in [-0.2, 0) is 16.4 Å². The lowest BCUT2D eigenvalue weighted by atomic mass is 10.0. The molecular weight excluding hydrogens is 248 g/mol. The van der Waals surface area contributed by atoms with Gasteiger partial charge in [-0.05, 0) is 24.5 Å². The van der Waals surface area contributed by atoms with Gasteiger partial charge in [0, 0.05) is 20.1 Å². The Bertz CT molecular complexity index is 480. The first-order valence-electron chi connectivity index (χ1n) is 6.06. The van der Waals surface area contributed by atoms with Crippen LogP contribution in [0.3, 0.4) is 0 Å². The maximum absolute atomic E-state index is 12.0. The molecule has 0 bridgehead atoms. The predicted molar refractivity (Wildman–Crippen MR) is 74.8 cm³/mol. The summed E-state index contributed by atoms with van der Waals surface area (Å²) in [5.41, 5.74) is 8.12. The highest BCUT2D eigenvalue weighted by Gasteiger charge is 2.29. The molecule has 0 fully saturated rings. The van der Waals surface area contributed by atoms with E-state index in [4.69, 9.17) is 5.73 Å². The van der Waals surface area contributed by atoms with Crippen molar-refractivity contribution in [3.8, 4) is 0 Å². The summed E-state index contributed by atoms with van der Waals surface area (Å²) in [5.74, 6) is 0. The number of rotatable bonds is 5. The molecule has 0 aliphatic carbocycles. The van der Waals surface area contributed by atoms with E-state index in [0.29, 0.717) is 0 Å². The molecule has 2 unspecified atom stereocenters. The molecule has 1 aromatic rings. The zero-order valence-corrected chi connectivity index (χ0v) is 12.2. The summed E-state index contributed by atoms with van der Waals surface area (Å²) in [6.07, 6.45) is 0.959. The second kappa shape index (κ2) is 5.82. The van der Waals surface area contributed by atoms with Gasteiger partial charge >= 0.3 is 0 Å². The van der Waals surface area contributed by atoms with Gasteiger partial charge in [0.05, 0.1) is 5.25 Å². The van der Waals surface area contributed by atoms with Crippen LogP contribution in [0.2, 0.25) is 0 Å². The average molecular weight is 270 g/mol. The molecule has 0 heterocycles. The van der Waals surface area contributed by atoms with Gasteiger partial charge in [-0.2, -0.15) is 0 Å². The lowest BCUT2D eigenvalue weighted by Crippen LogP contribution is -2.38. The van der Waals surface area contributed by atoms with Gasteiger partial charge in [0.15, 0.2) is 0 Å². The molecule has 0 saturated heterocycles. The van der Waals surface area contributed by atoms with Gasteiger partial charge in [-0.3, -0.25) is 0 Å². The number of nitrogens with zero attached hydrogens (tertiary/aromatic N) is 1. The first kappa shape index (κ1) is 15.1. The molecule has 2 atom stereocenters. The van der Waals surface area contributed by atoms with Crippen LogP contribution in [0.4, 0.5) is 0 Å². The summed E-state index contributed by atoms with van der Waals surface area (Å²) in [4.78, 5) is 0. The minimum Gasteiger partial charge on any atom is -0.323 e. The molecular formula is C13H22N2O2S. The fourth-order valence-electron chi connectivity index (χ4n) is 1.76. The number of nitrogens with two attached hydrogens (primary N) is 1. The first-order chi connectivity index (χ1) is 8.30. The fourth-order valence-corrected chi connectivity index (χ4v) is 2.96. The minimum atomic E-state index is -3.33. The molecule has 1 rings (SSSR count). The summed E-state index contributed by atoms with van der Waals surface area (Å²) in [6.45, 7) is 3.72. The normalized spacial score (nSPS) is 15.7. The van der Waals surface area contributed by atoms with E-state index in [2.05, 4.69) is 6.92 Å². The predicted octanol–water partition coefficient (Wildman–Crippen LogP) is 1.53. The van der Waals surface area contributed by atoms with Crippen molar-refractivity contribution in [1.82, 2.24) is 4.31 Å². The van der Waals surface area contributed by atoms with Crippen LogP contribution in [0.15, 0.2) is 24.3 Å². The number of hydrogen-bond acceptors (Lipinski definition) is 3. The second-order valence-corrected chi connectivity index (χ2v) is 7.16. The van der Waals surface area contributed by atoms with E-state index in [1.54, 1.807) is 6.92 Å². The van der Waals surface area contributed by atoms with Crippen molar-refractivity contribution >= 4 is 10.0 Å². The lowest BCUT2D eigenvalue weighted by Gasteiger charge is -2.24. The molecule has 0 radical (unpaired) electrons. The molecule has 1 aromatic carbocycles. The zero-order valence-electron chi connectivity index (χ0n) is 11.4. The topological polar surface area (TPSA) is 63.4 Å². The van der Waals surface area contributed by atoms with Crippen LogP contribution in [-0.4, -0.2) is 32.1 Å². The fraction of sp³-hybridized carbons (Fsp3) is 0.538. The quantitative estimate of drug-likeness (QED) is 0.882. The summed E-state index contributed by atoms with van der Waals surface area (Å²) in [5, 5.41) is -0.639. The highest BCUT2D eigenvalue weighted by molar-refractivity contribution is 7.89. The number of hydrogen-bond donors (Lipinski definition) is 1. The van der Waals surface area contributed by atoms with Crippen LogP contribution < -0.4 is 5.73 Å². The molecule has 18 heavy (non-hydrogen) atoms. The largest absolute Gasteiger partial charge is 0.323 e. The van der Waals surface area contributed by atoms with E-state index in [1.807, 2.05) is 24.3 Å². The minimum absolute atomic E-state index is 0.511. The van der Waals surface area contributed by atoms with Gasteiger partial charge in [-0.1, -0.05) is 31.2 Å². The molecule has 0 aliphatic rings. The smallest absolute Gasteiger partial charge is 0.218 e. The summed E-state index contributed by atoms with van der Waals surface area (Å²) in [7, 11) is -0.279. The van der Waals surface area contributed by atoms with Crippen LogP contribution in [0.1, 0.15) is 31.0 Å². The Morgan fingerprint density at radius 1 is 1.22 bits per heavy atom. The number of sulfonamides is 1. The van der Waals surface area contributed by atoms with E-state index in [0.717, 1.165) is 12.0 Å². The van der Waals surface area contributed by atoms with Gasteiger partial charge in [0.2, 0.25) is 10.0 Å². The van der Waals surface area contributed by atoms with Gasteiger partial charge in [0.1, 0.15) is 0 Å². The summed E-state index contributed by atoms with van der Waals surface area (Å²) >= 11 is 0. The van der Waals surface area contributed by atoms with Crippen molar-refractivity contribution in [2.45, 2.75) is 31.6 Å². The van der Waals surface area contributed by atoms with Crippen molar-refractivity contribution in [3.05, 3.63) is 35.4 Å². The monoisotopic (exact) mass is 270 g/mol. The SMILES string of the molecule is CCc1ccc(C(N)C(C)S(=O)(=O)N(C)C)cc1. The Hall–Kier alpha value is -0.910. The first-order valence-corrected chi connectivity index (χ1v) is 7.56. The Kier molecular flexibility index (Phi) is 4.90. The van der Waals surface area contributed by atoms with E-state index >= 15 is 0 Å². The molecule has 2 N–H and O–H groups in total. The average Bonchev–Trinajstić information content (AvgIpc) is 2.36. The van der Waals surface area contributed by atoms with Gasteiger partial charge < -0.3 is 5.73 Å². The standard InChI is InChI=1S/C13H22N2O2S/c1-5-11-6-8-12(9-7-11)13(14)10(2)18(16,17)15(3)4/h6-10,13H,5,14H2,1-4H3. The molecule has 102 valence electrons.